The molecule has 5 heteroatoms. The first-order valence-electron chi connectivity index (χ1n) is 5.80. The van der Waals surface area contributed by atoms with Gasteiger partial charge in [0.2, 0.25) is 0 Å². The maximum absolute atomic E-state index is 12.5. The Morgan fingerprint density at radius 1 is 1.05 bits per heavy atom. The minimum atomic E-state index is 0.404. The number of hydrogen-bond acceptors (Lipinski definition) is 3. The number of nitrogens with one attached hydrogen (secondary N) is 2. The fraction of sp³-hybridized carbons (Fsp3) is 0. The molecular formula is C14H11FN4. The van der Waals surface area contributed by atoms with E-state index in [2.05, 4.69) is 15.2 Å². The molecule has 1 aromatic carbocycles. The smallest absolute Gasteiger partial charge is 0.0999 e. The molecule has 2 N–H and O–H groups in total. The van der Waals surface area contributed by atoms with E-state index >= 15 is 0 Å². The second kappa shape index (κ2) is 4.89. The summed E-state index contributed by atoms with van der Waals surface area (Å²) in [6.07, 6.45) is 5.28. The molecule has 0 saturated heterocycles. The van der Waals surface area contributed by atoms with Crippen molar-refractivity contribution in [3.05, 3.63) is 55.0 Å². The minimum absolute atomic E-state index is 0.404. The highest BCUT2D eigenvalue weighted by molar-refractivity contribution is 5.81. The SMILES string of the molecule is FNc1cccc(-c2n[nH]cc2-c2ccncc2)c1. The molecule has 0 amide bonds. The lowest BCUT2D eigenvalue weighted by atomic mass is 10.0. The van der Waals surface area contributed by atoms with Crippen LogP contribution in [0.1, 0.15) is 0 Å². The Kier molecular flexibility index (Phi) is 2.94. The first kappa shape index (κ1) is 11.4. The van der Waals surface area contributed by atoms with Crippen LogP contribution in [0.2, 0.25) is 0 Å². The van der Waals surface area contributed by atoms with Crippen LogP contribution in [-0.2, 0) is 0 Å². The van der Waals surface area contributed by atoms with Crippen LogP contribution >= 0.6 is 0 Å². The van der Waals surface area contributed by atoms with Crippen molar-refractivity contribution in [2.75, 3.05) is 5.54 Å². The minimum Gasteiger partial charge on any atom is -0.284 e. The summed E-state index contributed by atoms with van der Waals surface area (Å²) in [6, 6.07) is 10.9. The van der Waals surface area contributed by atoms with Gasteiger partial charge in [0.05, 0.1) is 11.4 Å². The summed E-state index contributed by atoms with van der Waals surface area (Å²) in [7, 11) is 0. The van der Waals surface area contributed by atoms with E-state index in [0.29, 0.717) is 5.69 Å². The molecule has 0 aliphatic carbocycles. The molecule has 0 unspecified atom stereocenters. The number of nitrogens with zero attached hydrogens (tertiary/aromatic N) is 2. The molecule has 0 spiro atoms. The number of aromatic nitrogens is 3. The summed E-state index contributed by atoms with van der Waals surface area (Å²) in [5, 5.41) is 7.09. The Bertz CT molecular complexity index is 679. The van der Waals surface area contributed by atoms with Gasteiger partial charge < -0.3 is 0 Å². The Labute approximate surface area is 109 Å². The van der Waals surface area contributed by atoms with Gasteiger partial charge in [-0.15, -0.1) is 4.48 Å². The van der Waals surface area contributed by atoms with Gasteiger partial charge in [0, 0.05) is 29.7 Å². The quantitative estimate of drug-likeness (QED) is 0.704. The van der Waals surface area contributed by atoms with Gasteiger partial charge in [-0.25, -0.2) is 5.54 Å². The third-order valence-electron chi connectivity index (χ3n) is 2.88. The zero-order chi connectivity index (χ0) is 13.1. The van der Waals surface area contributed by atoms with Crippen LogP contribution in [0.3, 0.4) is 0 Å². The van der Waals surface area contributed by atoms with Crippen LogP contribution in [0.25, 0.3) is 22.4 Å². The van der Waals surface area contributed by atoms with Gasteiger partial charge in [0.1, 0.15) is 0 Å². The van der Waals surface area contributed by atoms with E-state index in [1.54, 1.807) is 36.1 Å². The first-order valence-corrected chi connectivity index (χ1v) is 5.80. The Hall–Kier alpha value is -2.69. The molecule has 0 saturated carbocycles. The molecule has 2 aromatic heterocycles. The van der Waals surface area contributed by atoms with Gasteiger partial charge in [-0.1, -0.05) is 12.1 Å². The molecule has 0 aliphatic rings. The molecule has 0 radical (unpaired) electrons. The number of benzene rings is 1. The van der Waals surface area contributed by atoms with E-state index in [0.717, 1.165) is 22.4 Å². The second-order valence-corrected chi connectivity index (χ2v) is 4.06. The molecule has 3 rings (SSSR count). The lowest BCUT2D eigenvalue weighted by molar-refractivity contribution is 0.618. The molecule has 94 valence electrons. The number of anilines is 1. The number of rotatable bonds is 3. The van der Waals surface area contributed by atoms with E-state index in [4.69, 9.17) is 0 Å². The number of H-pyrrole nitrogens is 1. The highest BCUT2D eigenvalue weighted by Gasteiger charge is 2.10. The fourth-order valence-corrected chi connectivity index (χ4v) is 1.99. The third kappa shape index (κ3) is 2.18. The summed E-state index contributed by atoms with van der Waals surface area (Å²) in [5.74, 6) is 0. The molecule has 0 aliphatic heterocycles. The van der Waals surface area contributed by atoms with Gasteiger partial charge in [-0.2, -0.15) is 5.10 Å². The predicted molar refractivity (Wildman–Crippen MR) is 72.0 cm³/mol. The summed E-state index contributed by atoms with van der Waals surface area (Å²) in [6.45, 7) is 0. The van der Waals surface area contributed by atoms with Crippen molar-refractivity contribution in [2.24, 2.45) is 0 Å². The molecule has 3 aromatic rings. The van der Waals surface area contributed by atoms with Crippen molar-refractivity contribution in [3.63, 3.8) is 0 Å². The van der Waals surface area contributed by atoms with Crippen molar-refractivity contribution < 1.29 is 4.48 Å². The van der Waals surface area contributed by atoms with Crippen molar-refractivity contribution in [2.45, 2.75) is 0 Å². The monoisotopic (exact) mass is 254 g/mol. The van der Waals surface area contributed by atoms with Gasteiger partial charge >= 0.3 is 0 Å². The molecule has 4 nitrogen and oxygen atoms in total. The largest absolute Gasteiger partial charge is 0.284 e. The van der Waals surface area contributed by atoms with E-state index in [9.17, 15) is 4.48 Å². The van der Waals surface area contributed by atoms with Crippen LogP contribution in [0.5, 0.6) is 0 Å². The lowest BCUT2D eigenvalue weighted by Crippen LogP contribution is -1.86. The molecule has 0 atom stereocenters. The average molecular weight is 254 g/mol. The normalized spacial score (nSPS) is 10.4. The van der Waals surface area contributed by atoms with Gasteiger partial charge in [0.15, 0.2) is 0 Å². The summed E-state index contributed by atoms with van der Waals surface area (Å²) < 4.78 is 12.5. The van der Waals surface area contributed by atoms with Crippen molar-refractivity contribution in [3.8, 4) is 22.4 Å². The van der Waals surface area contributed by atoms with Crippen LogP contribution in [0, 0.1) is 0 Å². The maximum atomic E-state index is 12.5. The van der Waals surface area contributed by atoms with E-state index < -0.39 is 0 Å². The summed E-state index contributed by atoms with van der Waals surface area (Å²) in [4.78, 5) is 3.99. The average Bonchev–Trinajstić information content (AvgIpc) is 2.98. The Balaban J connectivity index is 2.09. The zero-order valence-corrected chi connectivity index (χ0v) is 9.97. The molecule has 0 bridgehead atoms. The molecule has 2 heterocycles. The first-order chi connectivity index (χ1) is 9.38. The van der Waals surface area contributed by atoms with E-state index in [-0.39, 0.29) is 0 Å². The molecular weight excluding hydrogens is 243 g/mol. The summed E-state index contributed by atoms with van der Waals surface area (Å²) >= 11 is 0. The van der Waals surface area contributed by atoms with Crippen molar-refractivity contribution in [1.82, 2.24) is 15.2 Å². The van der Waals surface area contributed by atoms with Crippen LogP contribution in [-0.4, -0.2) is 15.2 Å². The van der Waals surface area contributed by atoms with Gasteiger partial charge in [-0.3, -0.25) is 10.1 Å². The van der Waals surface area contributed by atoms with Crippen molar-refractivity contribution in [1.29, 1.82) is 0 Å². The second-order valence-electron chi connectivity index (χ2n) is 4.06. The molecule has 19 heavy (non-hydrogen) atoms. The van der Waals surface area contributed by atoms with Crippen LogP contribution < -0.4 is 5.54 Å². The van der Waals surface area contributed by atoms with Crippen LogP contribution in [0.15, 0.2) is 55.0 Å². The maximum Gasteiger partial charge on any atom is 0.0999 e. The third-order valence-corrected chi connectivity index (χ3v) is 2.88. The van der Waals surface area contributed by atoms with Crippen molar-refractivity contribution >= 4 is 5.69 Å². The number of hydrogen-bond donors (Lipinski definition) is 2. The van der Waals surface area contributed by atoms with E-state index in [1.807, 2.05) is 24.4 Å². The zero-order valence-electron chi connectivity index (χ0n) is 9.97. The highest BCUT2D eigenvalue weighted by atomic mass is 19.2. The van der Waals surface area contributed by atoms with Gasteiger partial charge in [-0.05, 0) is 29.8 Å². The van der Waals surface area contributed by atoms with Crippen LogP contribution in [0.4, 0.5) is 10.2 Å². The highest BCUT2D eigenvalue weighted by Crippen LogP contribution is 2.30. The Morgan fingerprint density at radius 2 is 1.89 bits per heavy atom. The fourth-order valence-electron chi connectivity index (χ4n) is 1.99. The lowest BCUT2D eigenvalue weighted by Gasteiger charge is -2.04. The number of pyridine rings is 1. The summed E-state index contributed by atoms with van der Waals surface area (Å²) in [5.41, 5.74) is 5.64. The number of aromatic amines is 1. The Morgan fingerprint density at radius 3 is 2.68 bits per heavy atom. The predicted octanol–water partition coefficient (Wildman–Crippen LogP) is 3.44. The number of halogens is 1. The standard InChI is InChI=1S/C14H11FN4/c15-18-12-3-1-2-11(8-12)14-13(9-17-19-14)10-4-6-16-7-5-10/h1-9,18H,(H,17,19). The topological polar surface area (TPSA) is 53.6 Å². The van der Waals surface area contributed by atoms with E-state index in [1.165, 1.54) is 0 Å². The van der Waals surface area contributed by atoms with Gasteiger partial charge in [0.25, 0.3) is 0 Å². The molecule has 0 fully saturated rings.